The molecule has 194 valence electrons. The minimum Gasteiger partial charge on any atom is -0.507 e. The smallest absolute Gasteiger partial charge is 0.507 e. The first-order valence-electron chi connectivity index (χ1n) is 11.3. The second-order valence-electron chi connectivity index (χ2n) is 8.39. The molecule has 0 fully saturated rings. The molecule has 38 heavy (non-hydrogen) atoms. The number of phosphoric ester groups is 1. The summed E-state index contributed by atoms with van der Waals surface area (Å²) in [5.74, 6) is 0.112. The van der Waals surface area contributed by atoms with Gasteiger partial charge in [-0.15, -0.1) is 0 Å². The van der Waals surface area contributed by atoms with Gasteiger partial charge in [-0.3, -0.25) is 14.5 Å². The Kier molecular flexibility index (Phi) is 6.50. The van der Waals surface area contributed by atoms with Crippen molar-refractivity contribution in [3.63, 3.8) is 0 Å². The Hall–Kier alpha value is -4.08. The highest BCUT2D eigenvalue weighted by molar-refractivity contribution is 7.92. The Balaban J connectivity index is 1.76. The average molecular weight is 552 g/mol. The maximum Gasteiger partial charge on any atom is 0.524 e. The molecule has 0 unspecified atom stereocenters. The zero-order chi connectivity index (χ0) is 27.1. The Morgan fingerprint density at radius 1 is 0.816 bits per heavy atom. The molecule has 11 heteroatoms. The molecule has 0 amide bonds. The third-order valence-corrected chi connectivity index (χ3v) is 7.82. The predicted octanol–water partition coefficient (Wildman–Crippen LogP) is 5.65. The molecule has 5 aromatic carbocycles. The van der Waals surface area contributed by atoms with E-state index in [9.17, 15) is 27.9 Å². The van der Waals surface area contributed by atoms with Gasteiger partial charge in [0.15, 0.2) is 0 Å². The lowest BCUT2D eigenvalue weighted by molar-refractivity contribution is 0.283. The van der Waals surface area contributed by atoms with Gasteiger partial charge in [0, 0.05) is 21.9 Å². The van der Waals surface area contributed by atoms with E-state index in [1.165, 1.54) is 43.5 Å². The molecule has 0 spiro atoms. The van der Waals surface area contributed by atoms with Crippen molar-refractivity contribution < 1.29 is 37.1 Å². The normalized spacial score (nSPS) is 12.0. The van der Waals surface area contributed by atoms with Gasteiger partial charge in [-0.05, 0) is 47.2 Å². The highest BCUT2D eigenvalue weighted by atomic mass is 32.2. The fraction of sp³-hybridized carbons (Fsp3) is 0.0370. The van der Waals surface area contributed by atoms with Gasteiger partial charge < -0.3 is 14.4 Å². The van der Waals surface area contributed by atoms with Crippen LogP contribution in [0.3, 0.4) is 0 Å². The van der Waals surface area contributed by atoms with E-state index in [4.69, 9.17) is 9.26 Å². The van der Waals surface area contributed by atoms with E-state index < -0.39 is 17.8 Å². The number of ether oxygens (including phenoxy) is 1. The monoisotopic (exact) mass is 551 g/mol. The zero-order valence-electron chi connectivity index (χ0n) is 19.9. The standard InChI is InChI=1S/C27H22NO8PS/c1-35-18-11-13-19(14-12-18)38(33,34)28-24-16-23(27(29)22-9-5-4-8-21(22)24)26-20-7-3-2-6-17(20)10-15-25(26)36-37(30,31)32/h2-16,28-29H,1H3,(H2,30,31,32). The van der Waals surface area contributed by atoms with E-state index in [2.05, 4.69) is 4.72 Å². The van der Waals surface area contributed by atoms with Crippen molar-refractivity contribution in [2.75, 3.05) is 11.8 Å². The SMILES string of the molecule is COc1ccc(S(=O)(=O)Nc2cc(-c3c(OP(=O)(O)O)ccc4ccccc34)c(O)c3ccccc23)cc1. The van der Waals surface area contributed by atoms with Gasteiger partial charge in [0.2, 0.25) is 0 Å². The van der Waals surface area contributed by atoms with Gasteiger partial charge in [0.1, 0.15) is 17.2 Å². The fourth-order valence-electron chi connectivity index (χ4n) is 4.33. The summed E-state index contributed by atoms with van der Waals surface area (Å²) in [6, 6.07) is 24.0. The Labute approximate surface area is 218 Å². The third kappa shape index (κ3) is 4.90. The largest absolute Gasteiger partial charge is 0.524 e. The molecular weight excluding hydrogens is 529 g/mol. The molecule has 0 aromatic heterocycles. The van der Waals surface area contributed by atoms with Crippen LogP contribution in [0.5, 0.6) is 17.2 Å². The van der Waals surface area contributed by atoms with Crippen molar-refractivity contribution in [2.24, 2.45) is 0 Å². The van der Waals surface area contributed by atoms with Crippen LogP contribution >= 0.6 is 7.82 Å². The first-order chi connectivity index (χ1) is 18.1. The van der Waals surface area contributed by atoms with Crippen molar-refractivity contribution >= 4 is 45.1 Å². The highest BCUT2D eigenvalue weighted by Crippen LogP contribution is 2.50. The summed E-state index contributed by atoms with van der Waals surface area (Å²) in [6.07, 6.45) is 0. The number of aromatic hydroxyl groups is 1. The maximum absolute atomic E-state index is 13.3. The average Bonchev–Trinajstić information content (AvgIpc) is 2.89. The molecular formula is C27H22NO8PS. The molecule has 0 saturated carbocycles. The van der Waals surface area contributed by atoms with Gasteiger partial charge in [0.25, 0.3) is 10.0 Å². The molecule has 0 aliphatic heterocycles. The van der Waals surface area contributed by atoms with Crippen LogP contribution in [0.2, 0.25) is 0 Å². The fourth-order valence-corrected chi connectivity index (χ4v) is 5.81. The predicted molar refractivity (Wildman–Crippen MR) is 145 cm³/mol. The molecule has 0 aliphatic rings. The topological polar surface area (TPSA) is 142 Å². The minimum atomic E-state index is -4.97. The van der Waals surface area contributed by atoms with Crippen LogP contribution in [0.15, 0.2) is 95.9 Å². The van der Waals surface area contributed by atoms with Gasteiger partial charge in [-0.1, -0.05) is 54.6 Å². The summed E-state index contributed by atoms with van der Waals surface area (Å²) < 4.78 is 51.1. The lowest BCUT2D eigenvalue weighted by Gasteiger charge is -2.19. The van der Waals surface area contributed by atoms with Gasteiger partial charge in [-0.2, -0.15) is 0 Å². The molecule has 5 aromatic rings. The number of rotatable bonds is 7. The van der Waals surface area contributed by atoms with Crippen molar-refractivity contribution in [1.82, 2.24) is 0 Å². The number of fused-ring (bicyclic) bond motifs is 2. The van der Waals surface area contributed by atoms with Crippen LogP contribution in [0.25, 0.3) is 32.7 Å². The van der Waals surface area contributed by atoms with Crippen LogP contribution in [0, 0.1) is 0 Å². The lowest BCUT2D eigenvalue weighted by Crippen LogP contribution is -2.13. The number of hydrogen-bond acceptors (Lipinski definition) is 6. The molecule has 0 radical (unpaired) electrons. The summed E-state index contributed by atoms with van der Waals surface area (Å²) in [7, 11) is -7.56. The highest BCUT2D eigenvalue weighted by Gasteiger charge is 2.25. The second kappa shape index (κ2) is 9.66. The number of hydrogen-bond donors (Lipinski definition) is 4. The zero-order valence-corrected chi connectivity index (χ0v) is 21.6. The summed E-state index contributed by atoms with van der Waals surface area (Å²) in [5.41, 5.74) is 0.468. The Morgan fingerprint density at radius 2 is 1.45 bits per heavy atom. The van der Waals surface area contributed by atoms with Crippen LogP contribution in [-0.4, -0.2) is 30.4 Å². The van der Waals surface area contributed by atoms with Crippen molar-refractivity contribution in [3.05, 3.63) is 91.0 Å². The summed E-state index contributed by atoms with van der Waals surface area (Å²) in [4.78, 5) is 19.1. The molecule has 4 N–H and O–H groups in total. The van der Waals surface area contributed by atoms with E-state index >= 15 is 0 Å². The number of phenols is 1. The number of phenolic OH excluding ortho intramolecular Hbond substituents is 1. The number of phosphoric acid groups is 1. The van der Waals surface area contributed by atoms with E-state index in [0.717, 1.165) is 0 Å². The van der Waals surface area contributed by atoms with E-state index in [1.54, 1.807) is 54.6 Å². The van der Waals surface area contributed by atoms with Gasteiger partial charge in [-0.25, -0.2) is 13.0 Å². The molecule has 5 rings (SSSR count). The van der Waals surface area contributed by atoms with E-state index in [0.29, 0.717) is 27.3 Å². The number of sulfonamides is 1. The summed E-state index contributed by atoms with van der Waals surface area (Å²) >= 11 is 0. The molecule has 0 aliphatic carbocycles. The quantitative estimate of drug-likeness (QED) is 0.150. The van der Waals surface area contributed by atoms with Crippen LogP contribution in [0.1, 0.15) is 0 Å². The van der Waals surface area contributed by atoms with Gasteiger partial charge >= 0.3 is 7.82 Å². The van der Waals surface area contributed by atoms with Crippen molar-refractivity contribution in [2.45, 2.75) is 4.90 Å². The third-order valence-electron chi connectivity index (χ3n) is 6.01. The van der Waals surface area contributed by atoms with Crippen molar-refractivity contribution in [1.29, 1.82) is 0 Å². The number of methoxy groups -OCH3 is 1. The maximum atomic E-state index is 13.3. The summed E-state index contributed by atoms with van der Waals surface area (Å²) in [5, 5.41) is 13.3. The number of benzene rings is 5. The summed E-state index contributed by atoms with van der Waals surface area (Å²) in [6.45, 7) is 0. The molecule has 0 bridgehead atoms. The van der Waals surface area contributed by atoms with E-state index in [1.807, 2.05) is 0 Å². The van der Waals surface area contributed by atoms with Crippen molar-refractivity contribution in [3.8, 4) is 28.4 Å². The molecule has 0 atom stereocenters. The number of anilines is 1. The second-order valence-corrected chi connectivity index (χ2v) is 11.2. The molecule has 0 heterocycles. The van der Waals surface area contributed by atoms with E-state index in [-0.39, 0.29) is 33.2 Å². The molecule has 0 saturated heterocycles. The van der Waals surface area contributed by atoms with Crippen LogP contribution in [-0.2, 0) is 14.6 Å². The minimum absolute atomic E-state index is 0.00677. The Morgan fingerprint density at radius 3 is 2.11 bits per heavy atom. The van der Waals surface area contributed by atoms with Crippen LogP contribution in [0.4, 0.5) is 5.69 Å². The Bertz CT molecular complexity index is 1830. The van der Waals surface area contributed by atoms with Gasteiger partial charge in [0.05, 0.1) is 17.7 Å². The number of nitrogens with one attached hydrogen (secondary N) is 1. The van der Waals surface area contributed by atoms with Crippen LogP contribution < -0.4 is 14.0 Å². The first-order valence-corrected chi connectivity index (χ1v) is 14.3. The first kappa shape index (κ1) is 25.6. The molecule has 9 nitrogen and oxygen atoms in total. The lowest BCUT2D eigenvalue weighted by atomic mass is 9.93.